The minimum Gasteiger partial charge on any atom is -0.248 e. The summed E-state index contributed by atoms with van der Waals surface area (Å²) in [6, 6.07) is 62.1. The summed E-state index contributed by atoms with van der Waals surface area (Å²) in [6.07, 6.45) is 0. The van der Waals surface area contributed by atoms with Crippen LogP contribution in [0.5, 0.6) is 0 Å². The van der Waals surface area contributed by atoms with Crippen molar-refractivity contribution in [3.8, 4) is 56.2 Å². The number of rotatable bonds is 5. The van der Waals surface area contributed by atoms with Gasteiger partial charge < -0.3 is 0 Å². The lowest BCUT2D eigenvalue weighted by Gasteiger charge is -2.10. The normalized spacial score (nSPS) is 10.4. The van der Waals surface area contributed by atoms with Gasteiger partial charge in [-0.05, 0) is 35.4 Å². The maximum absolute atomic E-state index is 4.90. The zero-order chi connectivity index (χ0) is 28.4. The lowest BCUT2D eigenvalue weighted by atomic mass is 10.00. The second kappa shape index (κ2) is 13.2. The number of aromatic nitrogens is 2. The molecule has 2 heterocycles. The van der Waals surface area contributed by atoms with E-state index in [2.05, 4.69) is 91.0 Å². The monoisotopic (exact) mass is 538 g/mol. The van der Waals surface area contributed by atoms with E-state index >= 15 is 0 Å². The molecule has 0 aliphatic rings. The molecule has 2 nitrogen and oxygen atoms in total. The van der Waals surface area contributed by atoms with Crippen LogP contribution in [-0.2, 0) is 0 Å². The van der Waals surface area contributed by atoms with Crippen LogP contribution < -0.4 is 0 Å². The highest BCUT2D eigenvalue weighted by Crippen LogP contribution is 2.30. The highest BCUT2D eigenvalue weighted by molar-refractivity contribution is 5.76. The van der Waals surface area contributed by atoms with Gasteiger partial charge in [-0.3, -0.25) is 0 Å². The molecule has 0 atom stereocenters. The number of pyridine rings is 2. The number of nitrogens with zero attached hydrogens (tertiary/aromatic N) is 2. The van der Waals surface area contributed by atoms with E-state index in [1.54, 1.807) is 0 Å². The van der Waals surface area contributed by atoms with Gasteiger partial charge in [-0.2, -0.15) is 0 Å². The third-order valence-corrected chi connectivity index (χ3v) is 6.96. The summed E-state index contributed by atoms with van der Waals surface area (Å²) >= 11 is 0. The first-order valence-electron chi connectivity index (χ1n) is 14.1. The first-order valence-corrected chi connectivity index (χ1v) is 14.1. The van der Waals surface area contributed by atoms with E-state index < -0.39 is 0 Å². The van der Waals surface area contributed by atoms with Crippen molar-refractivity contribution >= 4 is 0 Å². The number of hydrogen-bond donors (Lipinski definition) is 0. The molecule has 7 aromatic rings. The lowest BCUT2D eigenvalue weighted by Crippen LogP contribution is -1.90. The highest BCUT2D eigenvalue weighted by atomic mass is 14.7. The Morgan fingerprint density at radius 3 is 0.857 bits per heavy atom. The Morgan fingerprint density at radius 1 is 0.214 bits per heavy atom. The van der Waals surface area contributed by atoms with Crippen LogP contribution in [0.25, 0.3) is 56.2 Å². The largest absolute Gasteiger partial charge is 0.248 e. The molecule has 0 unspecified atom stereocenters. The molecule has 200 valence electrons. The van der Waals surface area contributed by atoms with Crippen molar-refractivity contribution in [3.05, 3.63) is 182 Å². The van der Waals surface area contributed by atoms with Gasteiger partial charge in [0.1, 0.15) is 0 Å². The zero-order valence-electron chi connectivity index (χ0n) is 23.2. The predicted octanol–water partition coefficient (Wildman–Crippen LogP) is 10.5. The van der Waals surface area contributed by atoms with Crippen LogP contribution in [0.2, 0.25) is 0 Å². The van der Waals surface area contributed by atoms with Gasteiger partial charge in [0.05, 0.1) is 22.8 Å². The second-order valence-electron chi connectivity index (χ2n) is 9.86. The fourth-order valence-electron chi connectivity index (χ4n) is 4.82. The Hall–Kier alpha value is -5.60. The smallest absolute Gasteiger partial charge is 0.0715 e. The lowest BCUT2D eigenvalue weighted by molar-refractivity contribution is 1.32. The van der Waals surface area contributed by atoms with Crippen molar-refractivity contribution in [2.75, 3.05) is 0 Å². The Bertz CT molecular complexity index is 1640. The quantitative estimate of drug-likeness (QED) is 0.218. The second-order valence-corrected chi connectivity index (χ2v) is 9.86. The van der Waals surface area contributed by atoms with Gasteiger partial charge in [-0.1, -0.05) is 158 Å². The summed E-state index contributed by atoms with van der Waals surface area (Å²) < 4.78 is 0. The molecule has 0 saturated carbocycles. The SMILES string of the molecule is c1ccc(-c2cc(-c3ccccc3)nc(-c3ccccc3)c2)cc1.c1ccc(-c2cccc(-c3ccccc3)n2)cc1. The Balaban J connectivity index is 0.000000157. The molecular formula is C40H30N2. The molecule has 42 heavy (non-hydrogen) atoms. The van der Waals surface area contributed by atoms with Crippen molar-refractivity contribution in [1.29, 1.82) is 0 Å². The zero-order valence-corrected chi connectivity index (χ0v) is 23.2. The topological polar surface area (TPSA) is 25.8 Å². The molecule has 0 N–H and O–H groups in total. The molecule has 0 saturated heterocycles. The Morgan fingerprint density at radius 2 is 0.500 bits per heavy atom. The molecule has 2 heteroatoms. The summed E-state index contributed by atoms with van der Waals surface area (Å²) in [5.41, 5.74) is 11.0. The average Bonchev–Trinajstić information content (AvgIpc) is 3.10. The Labute approximate surface area is 247 Å². The van der Waals surface area contributed by atoms with Crippen LogP contribution in [0.15, 0.2) is 182 Å². The van der Waals surface area contributed by atoms with Gasteiger partial charge in [0, 0.05) is 22.3 Å². The summed E-state index contributed by atoms with van der Waals surface area (Å²) in [5, 5.41) is 0. The van der Waals surface area contributed by atoms with Crippen LogP contribution >= 0.6 is 0 Å². The highest BCUT2D eigenvalue weighted by Gasteiger charge is 2.08. The van der Waals surface area contributed by atoms with E-state index in [1.165, 1.54) is 11.1 Å². The standard InChI is InChI=1S/C23H17N.C17H13N/c1-4-10-18(11-5-1)21-16-22(19-12-6-2-7-13-19)24-23(17-21)20-14-8-3-9-15-20;1-3-8-14(9-4-1)16-12-7-13-17(18-16)15-10-5-2-6-11-15/h1-17H;1-13H. The Kier molecular flexibility index (Phi) is 8.34. The van der Waals surface area contributed by atoms with E-state index in [9.17, 15) is 0 Å². The van der Waals surface area contributed by atoms with Crippen LogP contribution in [0.4, 0.5) is 0 Å². The van der Waals surface area contributed by atoms with Crippen LogP contribution in [-0.4, -0.2) is 9.97 Å². The maximum Gasteiger partial charge on any atom is 0.0715 e. The van der Waals surface area contributed by atoms with Gasteiger partial charge >= 0.3 is 0 Å². The predicted molar refractivity (Wildman–Crippen MR) is 176 cm³/mol. The average molecular weight is 539 g/mol. The van der Waals surface area contributed by atoms with Crippen LogP contribution in [0, 0.1) is 0 Å². The van der Waals surface area contributed by atoms with Gasteiger partial charge in [0.25, 0.3) is 0 Å². The number of hydrogen-bond acceptors (Lipinski definition) is 2. The van der Waals surface area contributed by atoms with Crippen LogP contribution in [0.1, 0.15) is 0 Å². The fraction of sp³-hybridized carbons (Fsp3) is 0. The molecule has 0 amide bonds. The van der Waals surface area contributed by atoms with Crippen molar-refractivity contribution < 1.29 is 0 Å². The van der Waals surface area contributed by atoms with Crippen molar-refractivity contribution in [1.82, 2.24) is 9.97 Å². The van der Waals surface area contributed by atoms with Crippen LogP contribution in [0.3, 0.4) is 0 Å². The molecule has 5 aromatic carbocycles. The van der Waals surface area contributed by atoms with E-state index in [4.69, 9.17) is 9.97 Å². The first-order chi connectivity index (χ1) is 20.8. The van der Waals surface area contributed by atoms with Gasteiger partial charge in [-0.25, -0.2) is 9.97 Å². The summed E-state index contributed by atoms with van der Waals surface area (Å²) in [6.45, 7) is 0. The third-order valence-electron chi connectivity index (χ3n) is 6.96. The summed E-state index contributed by atoms with van der Waals surface area (Å²) in [4.78, 5) is 9.61. The van der Waals surface area contributed by atoms with E-state index in [0.29, 0.717) is 0 Å². The minimum absolute atomic E-state index is 0.996. The molecule has 0 radical (unpaired) electrons. The van der Waals surface area contributed by atoms with Gasteiger partial charge in [-0.15, -0.1) is 0 Å². The third kappa shape index (κ3) is 6.57. The van der Waals surface area contributed by atoms with Crippen molar-refractivity contribution in [3.63, 3.8) is 0 Å². The first kappa shape index (κ1) is 26.6. The minimum atomic E-state index is 0.996. The molecule has 0 bridgehead atoms. The van der Waals surface area contributed by atoms with Crippen molar-refractivity contribution in [2.24, 2.45) is 0 Å². The van der Waals surface area contributed by atoms with E-state index in [1.807, 2.05) is 91.0 Å². The summed E-state index contributed by atoms with van der Waals surface area (Å²) in [7, 11) is 0. The van der Waals surface area contributed by atoms with E-state index in [0.717, 1.165) is 45.0 Å². The van der Waals surface area contributed by atoms with Gasteiger partial charge in [0.15, 0.2) is 0 Å². The molecule has 0 fully saturated rings. The molecule has 0 spiro atoms. The molecular weight excluding hydrogens is 508 g/mol. The fourth-order valence-corrected chi connectivity index (χ4v) is 4.82. The molecule has 7 rings (SSSR count). The molecule has 2 aromatic heterocycles. The molecule has 0 aliphatic carbocycles. The number of benzene rings is 5. The van der Waals surface area contributed by atoms with E-state index in [-0.39, 0.29) is 0 Å². The van der Waals surface area contributed by atoms with Gasteiger partial charge in [0.2, 0.25) is 0 Å². The molecule has 0 aliphatic heterocycles. The summed E-state index contributed by atoms with van der Waals surface area (Å²) in [5.74, 6) is 0. The van der Waals surface area contributed by atoms with Crippen molar-refractivity contribution in [2.45, 2.75) is 0 Å². The maximum atomic E-state index is 4.90.